The lowest BCUT2D eigenvalue weighted by Gasteiger charge is -2.06. The lowest BCUT2D eigenvalue weighted by molar-refractivity contribution is -0.131. The first kappa shape index (κ1) is 15.6. The minimum atomic E-state index is -0.951. The molecule has 0 unspecified atom stereocenters. The highest BCUT2D eigenvalue weighted by atomic mass is 32.2. The van der Waals surface area contributed by atoms with Gasteiger partial charge in [0, 0.05) is 24.7 Å². The van der Waals surface area contributed by atoms with Gasteiger partial charge in [0.15, 0.2) is 0 Å². The van der Waals surface area contributed by atoms with Gasteiger partial charge in [0.25, 0.3) is 0 Å². The number of carboxylic acid groups (broad SMARTS) is 1. The number of hydrogen-bond acceptors (Lipinski definition) is 4. The Balaban J connectivity index is 2.26. The molecule has 104 valence electrons. The van der Waals surface area contributed by atoms with Gasteiger partial charge in [-0.1, -0.05) is 12.1 Å². The Morgan fingerprint density at radius 2 is 1.95 bits per heavy atom. The number of aliphatic carboxylic acids is 1. The van der Waals surface area contributed by atoms with E-state index in [9.17, 15) is 4.79 Å². The second-order valence-corrected chi connectivity index (χ2v) is 4.92. The van der Waals surface area contributed by atoms with Crippen LogP contribution in [0.2, 0.25) is 0 Å². The largest absolute Gasteiger partial charge is 0.493 e. The van der Waals surface area contributed by atoms with Gasteiger partial charge >= 0.3 is 5.97 Å². The van der Waals surface area contributed by atoms with Gasteiger partial charge in [-0.05, 0) is 23.8 Å². The van der Waals surface area contributed by atoms with Crippen molar-refractivity contribution in [1.29, 1.82) is 0 Å². The Kier molecular flexibility index (Phi) is 7.77. The van der Waals surface area contributed by atoms with Crippen molar-refractivity contribution in [2.24, 2.45) is 0 Å². The molecule has 1 aromatic carbocycles. The molecule has 1 rings (SSSR count). The van der Waals surface area contributed by atoms with Crippen LogP contribution in [0.3, 0.4) is 0 Å². The van der Waals surface area contributed by atoms with Crippen molar-refractivity contribution in [3.8, 4) is 5.75 Å². The Morgan fingerprint density at radius 1 is 1.26 bits per heavy atom. The zero-order valence-electron chi connectivity index (χ0n) is 10.9. The summed E-state index contributed by atoms with van der Waals surface area (Å²) in [5.41, 5.74) is 0.837. The smallest absolute Gasteiger partial charge is 0.328 e. The second-order valence-electron chi connectivity index (χ2n) is 3.69. The summed E-state index contributed by atoms with van der Waals surface area (Å²) in [6, 6.07) is 7.32. The van der Waals surface area contributed by atoms with Crippen molar-refractivity contribution >= 4 is 23.8 Å². The lowest BCUT2D eigenvalue weighted by atomic mass is 10.2. The van der Waals surface area contributed by atoms with Gasteiger partial charge in [0.05, 0.1) is 13.2 Å². The third kappa shape index (κ3) is 7.54. The number of carbonyl (C=O) groups is 1. The molecular formula is C14H18O4S. The Hall–Kier alpha value is -1.46. The molecule has 1 aromatic rings. The molecular weight excluding hydrogens is 264 g/mol. The van der Waals surface area contributed by atoms with E-state index in [1.54, 1.807) is 24.9 Å². The molecule has 0 fully saturated rings. The number of carboxylic acids is 1. The SMILES string of the molecule is COCCSCCOc1ccc(C=CC(=O)O)cc1. The van der Waals surface area contributed by atoms with Crippen molar-refractivity contribution in [1.82, 2.24) is 0 Å². The molecule has 0 saturated heterocycles. The summed E-state index contributed by atoms with van der Waals surface area (Å²) in [6.07, 6.45) is 2.66. The molecule has 19 heavy (non-hydrogen) atoms. The number of ether oxygens (including phenoxy) is 2. The quantitative estimate of drug-likeness (QED) is 0.557. The van der Waals surface area contributed by atoms with E-state index in [-0.39, 0.29) is 0 Å². The molecule has 1 N–H and O–H groups in total. The van der Waals surface area contributed by atoms with Crippen molar-refractivity contribution in [3.63, 3.8) is 0 Å². The molecule has 5 heteroatoms. The molecule has 0 aliphatic rings. The van der Waals surface area contributed by atoms with E-state index < -0.39 is 5.97 Å². The minimum Gasteiger partial charge on any atom is -0.493 e. The summed E-state index contributed by atoms with van der Waals surface area (Å²) in [5, 5.41) is 8.51. The van der Waals surface area contributed by atoms with E-state index in [1.807, 2.05) is 24.3 Å². The van der Waals surface area contributed by atoms with Gasteiger partial charge < -0.3 is 14.6 Å². The molecule has 0 atom stereocenters. The van der Waals surface area contributed by atoms with E-state index in [4.69, 9.17) is 14.6 Å². The van der Waals surface area contributed by atoms with Crippen LogP contribution in [0.25, 0.3) is 6.08 Å². The number of hydrogen-bond donors (Lipinski definition) is 1. The summed E-state index contributed by atoms with van der Waals surface area (Å²) in [7, 11) is 1.69. The summed E-state index contributed by atoms with van der Waals surface area (Å²) in [4.78, 5) is 10.4. The van der Waals surface area contributed by atoms with Gasteiger partial charge in [0.1, 0.15) is 5.75 Å². The molecule has 0 heterocycles. The summed E-state index contributed by atoms with van der Waals surface area (Å²) >= 11 is 1.79. The fourth-order valence-corrected chi connectivity index (χ4v) is 2.00. The predicted octanol–water partition coefficient (Wildman–Crippen LogP) is 2.54. The highest BCUT2D eigenvalue weighted by Crippen LogP contribution is 2.13. The van der Waals surface area contributed by atoms with E-state index in [2.05, 4.69) is 0 Å². The molecule has 0 aliphatic heterocycles. The maximum absolute atomic E-state index is 10.4. The van der Waals surface area contributed by atoms with Crippen LogP contribution < -0.4 is 4.74 Å². The lowest BCUT2D eigenvalue weighted by Crippen LogP contribution is -2.02. The molecule has 0 aliphatic carbocycles. The first-order chi connectivity index (χ1) is 9.22. The average molecular weight is 282 g/mol. The minimum absolute atomic E-state index is 0.651. The van der Waals surface area contributed by atoms with Crippen LogP contribution in [-0.4, -0.2) is 42.9 Å². The fourth-order valence-electron chi connectivity index (χ4n) is 1.31. The zero-order chi connectivity index (χ0) is 13.9. The van der Waals surface area contributed by atoms with Crippen LogP contribution in [0, 0.1) is 0 Å². The van der Waals surface area contributed by atoms with Gasteiger partial charge in [-0.2, -0.15) is 11.8 Å². The van der Waals surface area contributed by atoms with Crippen LogP contribution in [0.4, 0.5) is 0 Å². The summed E-state index contributed by atoms with van der Waals surface area (Å²) in [5.74, 6) is 1.73. The first-order valence-electron chi connectivity index (χ1n) is 5.93. The molecule has 0 amide bonds. The molecule has 0 spiro atoms. The van der Waals surface area contributed by atoms with E-state index >= 15 is 0 Å². The molecule has 4 nitrogen and oxygen atoms in total. The van der Waals surface area contributed by atoms with Crippen LogP contribution in [-0.2, 0) is 9.53 Å². The highest BCUT2D eigenvalue weighted by molar-refractivity contribution is 7.99. The van der Waals surface area contributed by atoms with E-state index in [0.29, 0.717) is 6.61 Å². The van der Waals surface area contributed by atoms with Gasteiger partial charge in [0.2, 0.25) is 0 Å². The van der Waals surface area contributed by atoms with Crippen LogP contribution in [0.15, 0.2) is 30.3 Å². The summed E-state index contributed by atoms with van der Waals surface area (Å²) < 4.78 is 10.5. The van der Waals surface area contributed by atoms with Gasteiger partial charge in [-0.25, -0.2) is 4.79 Å². The van der Waals surface area contributed by atoms with Crippen molar-refractivity contribution in [2.75, 3.05) is 31.8 Å². The Bertz CT molecular complexity index is 400. The standard InChI is InChI=1S/C14H18O4S/c1-17-8-10-19-11-9-18-13-5-2-12(3-6-13)4-7-14(15)16/h2-7H,8-11H2,1H3,(H,15,16). The fraction of sp³-hybridized carbons (Fsp3) is 0.357. The third-order valence-corrected chi connectivity index (χ3v) is 3.14. The molecule has 0 bridgehead atoms. The second kappa shape index (κ2) is 9.47. The van der Waals surface area contributed by atoms with E-state index in [0.717, 1.165) is 35.5 Å². The van der Waals surface area contributed by atoms with Crippen molar-refractivity contribution < 1.29 is 19.4 Å². The number of rotatable bonds is 9. The normalized spacial score (nSPS) is 10.8. The summed E-state index contributed by atoms with van der Waals surface area (Å²) in [6.45, 7) is 1.41. The van der Waals surface area contributed by atoms with Crippen molar-refractivity contribution in [2.45, 2.75) is 0 Å². The van der Waals surface area contributed by atoms with Crippen LogP contribution >= 0.6 is 11.8 Å². The maximum atomic E-state index is 10.4. The Morgan fingerprint density at radius 3 is 2.58 bits per heavy atom. The van der Waals surface area contributed by atoms with Crippen LogP contribution in [0.1, 0.15) is 5.56 Å². The van der Waals surface area contributed by atoms with Crippen LogP contribution in [0.5, 0.6) is 5.75 Å². The number of benzene rings is 1. The molecule has 0 aromatic heterocycles. The maximum Gasteiger partial charge on any atom is 0.328 e. The topological polar surface area (TPSA) is 55.8 Å². The number of thioether (sulfide) groups is 1. The zero-order valence-corrected chi connectivity index (χ0v) is 11.7. The predicted molar refractivity (Wildman–Crippen MR) is 77.8 cm³/mol. The van der Waals surface area contributed by atoms with Crippen molar-refractivity contribution in [3.05, 3.63) is 35.9 Å². The Labute approximate surface area is 117 Å². The van der Waals surface area contributed by atoms with Gasteiger partial charge in [-0.15, -0.1) is 0 Å². The monoisotopic (exact) mass is 282 g/mol. The highest BCUT2D eigenvalue weighted by Gasteiger charge is 1.95. The molecule has 0 radical (unpaired) electrons. The van der Waals surface area contributed by atoms with Gasteiger partial charge in [-0.3, -0.25) is 0 Å². The number of methoxy groups -OCH3 is 1. The third-order valence-electron chi connectivity index (χ3n) is 2.23. The molecule has 0 saturated carbocycles. The van der Waals surface area contributed by atoms with E-state index in [1.165, 1.54) is 0 Å². The average Bonchev–Trinajstić information content (AvgIpc) is 2.41. The first-order valence-corrected chi connectivity index (χ1v) is 7.08.